The van der Waals surface area contributed by atoms with E-state index in [1.807, 2.05) is 37.3 Å². The number of hydrogen-bond acceptors (Lipinski definition) is 5. The molecule has 0 unspecified atom stereocenters. The van der Waals surface area contributed by atoms with Crippen LogP contribution in [0.1, 0.15) is 25.0 Å². The molecule has 0 spiro atoms. The van der Waals surface area contributed by atoms with Gasteiger partial charge in [-0.1, -0.05) is 48.5 Å². The van der Waals surface area contributed by atoms with Crippen LogP contribution >= 0.6 is 0 Å². The summed E-state index contributed by atoms with van der Waals surface area (Å²) in [4.78, 5) is 27.0. The highest BCUT2D eigenvalue weighted by Crippen LogP contribution is 2.43. The number of nitrogens with zero attached hydrogens (tertiary/aromatic N) is 2. The van der Waals surface area contributed by atoms with Crippen molar-refractivity contribution in [2.24, 2.45) is 0 Å². The molecule has 0 saturated carbocycles. The lowest BCUT2D eigenvalue weighted by Crippen LogP contribution is -2.31. The number of carbonyl (C=O) groups excluding carboxylic acids is 2. The zero-order valence-corrected chi connectivity index (χ0v) is 19.9. The molecule has 7 nitrogen and oxygen atoms in total. The molecule has 0 N–H and O–H groups in total. The van der Waals surface area contributed by atoms with Gasteiger partial charge in [0.25, 0.3) is 15.9 Å². The Morgan fingerprint density at radius 2 is 1.59 bits per heavy atom. The molecule has 3 aromatic carbocycles. The summed E-state index contributed by atoms with van der Waals surface area (Å²) in [5, 5.41) is 0. The highest BCUT2D eigenvalue weighted by Gasteiger charge is 2.39. The van der Waals surface area contributed by atoms with Crippen LogP contribution in [0.25, 0.3) is 11.3 Å². The fourth-order valence-corrected chi connectivity index (χ4v) is 5.12. The van der Waals surface area contributed by atoms with Crippen molar-refractivity contribution in [3.05, 3.63) is 90.0 Å². The van der Waals surface area contributed by atoms with Crippen molar-refractivity contribution in [1.29, 1.82) is 0 Å². The Hall–Kier alpha value is -3.91. The third-order valence-electron chi connectivity index (χ3n) is 5.54. The van der Waals surface area contributed by atoms with Gasteiger partial charge in [-0.2, -0.15) is 0 Å². The number of carbonyl (C=O) groups is 2. The number of amides is 2. The fraction of sp³-hybridized carbons (Fsp3) is 0.154. The summed E-state index contributed by atoms with van der Waals surface area (Å²) in [5.41, 5.74) is 2.06. The van der Waals surface area contributed by atoms with E-state index in [1.165, 1.54) is 26.1 Å². The third-order valence-corrected chi connectivity index (χ3v) is 7.34. The molecule has 0 atom stereocenters. The van der Waals surface area contributed by atoms with E-state index in [-0.39, 0.29) is 10.5 Å². The number of benzene rings is 3. The Kier molecular flexibility index (Phi) is 6.26. The van der Waals surface area contributed by atoms with Crippen molar-refractivity contribution >= 4 is 44.5 Å². The first-order valence-electron chi connectivity index (χ1n) is 10.7. The van der Waals surface area contributed by atoms with Crippen LogP contribution in [0.2, 0.25) is 0 Å². The summed E-state index contributed by atoms with van der Waals surface area (Å²) < 4.78 is 33.4. The van der Waals surface area contributed by atoms with Crippen molar-refractivity contribution in [2.75, 3.05) is 22.9 Å². The minimum absolute atomic E-state index is 0.148. The first kappa shape index (κ1) is 23.3. The van der Waals surface area contributed by atoms with Crippen molar-refractivity contribution in [2.45, 2.75) is 18.7 Å². The lowest BCUT2D eigenvalue weighted by molar-refractivity contribution is -0.122. The van der Waals surface area contributed by atoms with E-state index in [1.54, 1.807) is 36.4 Å². The SMILES string of the molecule is CCO/C(=C1/C(=O)N(C(C)=O)c2ccc(N(C)S(=O)(=O)c3ccccc3)cc21)c1ccccc1. The normalized spacial score (nSPS) is 14.6. The average Bonchev–Trinajstić information content (AvgIpc) is 3.14. The lowest BCUT2D eigenvalue weighted by atomic mass is 10.0. The zero-order chi connectivity index (χ0) is 24.5. The maximum absolute atomic E-state index is 13.4. The summed E-state index contributed by atoms with van der Waals surface area (Å²) in [7, 11) is -2.38. The maximum atomic E-state index is 13.4. The number of fused-ring (bicyclic) bond motifs is 1. The van der Waals surface area contributed by atoms with Gasteiger partial charge in [-0.05, 0) is 37.3 Å². The van der Waals surface area contributed by atoms with Gasteiger partial charge in [0.15, 0.2) is 0 Å². The van der Waals surface area contributed by atoms with Crippen LogP contribution in [-0.4, -0.2) is 33.9 Å². The highest BCUT2D eigenvalue weighted by atomic mass is 32.2. The Morgan fingerprint density at radius 1 is 0.971 bits per heavy atom. The number of imide groups is 1. The molecule has 1 aliphatic rings. The van der Waals surface area contributed by atoms with Gasteiger partial charge in [-0.25, -0.2) is 13.3 Å². The zero-order valence-electron chi connectivity index (χ0n) is 19.1. The van der Waals surface area contributed by atoms with Gasteiger partial charge in [0.2, 0.25) is 5.91 Å². The third kappa shape index (κ3) is 3.97. The summed E-state index contributed by atoms with van der Waals surface area (Å²) >= 11 is 0. The van der Waals surface area contributed by atoms with Crippen LogP contribution < -0.4 is 9.21 Å². The monoisotopic (exact) mass is 476 g/mol. The minimum Gasteiger partial charge on any atom is -0.492 e. The van der Waals surface area contributed by atoms with Crippen molar-refractivity contribution in [3.63, 3.8) is 0 Å². The van der Waals surface area contributed by atoms with Crippen LogP contribution in [0.15, 0.2) is 83.8 Å². The van der Waals surface area contributed by atoms with Gasteiger partial charge in [0, 0.05) is 25.1 Å². The van der Waals surface area contributed by atoms with E-state index in [0.717, 1.165) is 9.21 Å². The van der Waals surface area contributed by atoms with Gasteiger partial charge in [0.05, 0.1) is 28.5 Å². The fourth-order valence-electron chi connectivity index (χ4n) is 3.91. The second-order valence-corrected chi connectivity index (χ2v) is 9.62. The number of hydrogen-bond donors (Lipinski definition) is 0. The minimum atomic E-state index is -3.83. The largest absolute Gasteiger partial charge is 0.492 e. The van der Waals surface area contributed by atoms with E-state index in [0.29, 0.717) is 34.9 Å². The maximum Gasteiger partial charge on any atom is 0.269 e. The standard InChI is InChI=1S/C26H24N2O5S/c1-4-33-25(19-11-7-5-8-12-19)24-22-17-20(15-16-23(22)28(18(2)29)26(24)30)27(3)34(31,32)21-13-9-6-10-14-21/h5-17H,4H2,1-3H3/b25-24+. The molecule has 0 radical (unpaired) electrons. The molecule has 0 fully saturated rings. The van der Waals surface area contributed by atoms with Crippen molar-refractivity contribution < 1.29 is 22.7 Å². The van der Waals surface area contributed by atoms with Gasteiger partial charge in [-0.15, -0.1) is 0 Å². The van der Waals surface area contributed by atoms with Crippen LogP contribution in [0, 0.1) is 0 Å². The lowest BCUT2D eigenvalue weighted by Gasteiger charge is -2.21. The quantitative estimate of drug-likeness (QED) is 0.391. The predicted molar refractivity (Wildman–Crippen MR) is 132 cm³/mol. The topological polar surface area (TPSA) is 84.0 Å². The van der Waals surface area contributed by atoms with Crippen LogP contribution in [0.4, 0.5) is 11.4 Å². The second kappa shape index (κ2) is 9.15. The molecule has 3 aromatic rings. The van der Waals surface area contributed by atoms with Gasteiger partial charge < -0.3 is 4.74 Å². The number of sulfonamides is 1. The molecule has 0 bridgehead atoms. The molecule has 0 aromatic heterocycles. The summed E-state index contributed by atoms with van der Waals surface area (Å²) in [6.45, 7) is 3.43. The molecule has 0 aliphatic carbocycles. The highest BCUT2D eigenvalue weighted by molar-refractivity contribution is 7.92. The molecule has 8 heteroatoms. The molecule has 4 rings (SSSR count). The van der Waals surface area contributed by atoms with E-state index < -0.39 is 21.8 Å². The van der Waals surface area contributed by atoms with E-state index in [9.17, 15) is 18.0 Å². The molecule has 174 valence electrons. The van der Waals surface area contributed by atoms with Crippen LogP contribution in [0.5, 0.6) is 0 Å². The smallest absolute Gasteiger partial charge is 0.269 e. The van der Waals surface area contributed by atoms with Crippen molar-refractivity contribution in [3.8, 4) is 0 Å². The van der Waals surface area contributed by atoms with Crippen LogP contribution in [0.3, 0.4) is 0 Å². The summed E-state index contributed by atoms with van der Waals surface area (Å²) in [6.07, 6.45) is 0. The molecule has 1 heterocycles. The number of rotatable bonds is 6. The summed E-state index contributed by atoms with van der Waals surface area (Å²) in [5.74, 6) is -0.618. The van der Waals surface area contributed by atoms with Gasteiger partial charge >= 0.3 is 0 Å². The van der Waals surface area contributed by atoms with E-state index in [4.69, 9.17) is 4.74 Å². The first-order valence-corrected chi connectivity index (χ1v) is 12.2. The molecule has 1 aliphatic heterocycles. The number of ether oxygens (including phenoxy) is 1. The molecule has 0 saturated heterocycles. The molecular weight excluding hydrogens is 452 g/mol. The summed E-state index contributed by atoms with van der Waals surface area (Å²) in [6, 6.07) is 22.0. The first-order chi connectivity index (χ1) is 16.3. The average molecular weight is 477 g/mol. The predicted octanol–water partition coefficient (Wildman–Crippen LogP) is 4.31. The van der Waals surface area contributed by atoms with E-state index in [2.05, 4.69) is 0 Å². The Morgan fingerprint density at radius 3 is 2.18 bits per heavy atom. The Balaban J connectivity index is 1.92. The number of anilines is 2. The Bertz CT molecular complexity index is 1380. The second-order valence-electron chi connectivity index (χ2n) is 7.65. The van der Waals surface area contributed by atoms with Gasteiger partial charge in [0.1, 0.15) is 5.76 Å². The van der Waals surface area contributed by atoms with Crippen molar-refractivity contribution in [1.82, 2.24) is 0 Å². The van der Waals surface area contributed by atoms with Gasteiger partial charge in [-0.3, -0.25) is 13.9 Å². The molecular formula is C26H24N2O5S. The van der Waals surface area contributed by atoms with E-state index >= 15 is 0 Å². The molecule has 34 heavy (non-hydrogen) atoms. The Labute approximate surface area is 198 Å². The van der Waals surface area contributed by atoms with Crippen LogP contribution in [-0.2, 0) is 24.3 Å². The molecule has 2 amide bonds.